The largest absolute Gasteiger partial charge is 0.486 e. The second-order valence-corrected chi connectivity index (χ2v) is 7.14. The molecule has 0 fully saturated rings. The van der Waals surface area contributed by atoms with Crippen molar-refractivity contribution in [3.05, 3.63) is 58.6 Å². The van der Waals surface area contributed by atoms with Crippen molar-refractivity contribution in [1.82, 2.24) is 5.43 Å². The van der Waals surface area contributed by atoms with E-state index < -0.39 is 0 Å². The van der Waals surface area contributed by atoms with E-state index in [2.05, 4.69) is 10.5 Å². The Balaban J connectivity index is 1.49. The van der Waals surface area contributed by atoms with E-state index in [4.69, 9.17) is 21.1 Å². The van der Waals surface area contributed by atoms with Crippen LogP contribution in [0.4, 0.5) is 0 Å². The highest BCUT2D eigenvalue weighted by Gasteiger charge is 2.12. The normalized spacial score (nSPS) is 13.4. The van der Waals surface area contributed by atoms with Crippen LogP contribution in [0.2, 0.25) is 5.02 Å². The summed E-state index contributed by atoms with van der Waals surface area (Å²) in [6.07, 6.45) is 0. The molecule has 0 aromatic heterocycles. The maximum atomic E-state index is 12.0. The predicted molar refractivity (Wildman–Crippen MR) is 105 cm³/mol. The molecule has 1 amide bonds. The smallest absolute Gasteiger partial charge is 0.250 e. The van der Waals surface area contributed by atoms with Crippen LogP contribution < -0.4 is 14.9 Å². The second-order valence-electron chi connectivity index (χ2n) is 5.71. The summed E-state index contributed by atoms with van der Waals surface area (Å²) in [5.41, 5.74) is 5.26. The molecule has 1 aliphatic heterocycles. The van der Waals surface area contributed by atoms with Gasteiger partial charge in [-0.2, -0.15) is 5.10 Å². The van der Waals surface area contributed by atoms with Crippen LogP contribution in [0.15, 0.2) is 47.6 Å². The highest BCUT2D eigenvalue weighted by molar-refractivity contribution is 7.99. The van der Waals surface area contributed by atoms with Crippen LogP contribution in [0.25, 0.3) is 0 Å². The van der Waals surface area contributed by atoms with Gasteiger partial charge in [-0.15, -0.1) is 11.8 Å². The zero-order valence-electron chi connectivity index (χ0n) is 14.3. The van der Waals surface area contributed by atoms with E-state index in [-0.39, 0.29) is 5.91 Å². The van der Waals surface area contributed by atoms with Crippen molar-refractivity contribution < 1.29 is 14.3 Å². The molecular formula is C19H19ClN2O3S. The number of benzene rings is 2. The van der Waals surface area contributed by atoms with Crippen LogP contribution >= 0.6 is 23.4 Å². The molecule has 0 saturated heterocycles. The Bertz CT molecular complexity index is 826. The molecule has 26 heavy (non-hydrogen) atoms. The number of thioether (sulfide) groups is 1. The number of carbonyl (C=O) groups is 1. The van der Waals surface area contributed by atoms with Crippen molar-refractivity contribution >= 4 is 35.0 Å². The van der Waals surface area contributed by atoms with Crippen LogP contribution in [0.3, 0.4) is 0 Å². The van der Waals surface area contributed by atoms with Crippen molar-refractivity contribution in [2.75, 3.05) is 19.0 Å². The van der Waals surface area contributed by atoms with Gasteiger partial charge in [0.1, 0.15) is 13.2 Å². The Morgan fingerprint density at radius 2 is 2.00 bits per heavy atom. The van der Waals surface area contributed by atoms with Gasteiger partial charge in [-0.1, -0.05) is 23.7 Å². The number of carbonyl (C=O) groups excluding carboxylic acids is 1. The number of ether oxygens (including phenoxy) is 2. The molecule has 0 saturated carbocycles. The van der Waals surface area contributed by atoms with Crippen LogP contribution in [-0.2, 0) is 10.5 Å². The number of halogens is 1. The first-order valence-electron chi connectivity index (χ1n) is 8.17. The van der Waals surface area contributed by atoms with Gasteiger partial charge in [-0.25, -0.2) is 5.43 Å². The maximum absolute atomic E-state index is 12.0. The summed E-state index contributed by atoms with van der Waals surface area (Å²) in [5.74, 6) is 2.33. The monoisotopic (exact) mass is 390 g/mol. The third kappa shape index (κ3) is 5.16. The average Bonchev–Trinajstić information content (AvgIpc) is 2.66. The van der Waals surface area contributed by atoms with E-state index in [0.717, 1.165) is 22.6 Å². The lowest BCUT2D eigenvalue weighted by Gasteiger charge is -2.18. The van der Waals surface area contributed by atoms with Crippen LogP contribution in [0.1, 0.15) is 18.1 Å². The maximum Gasteiger partial charge on any atom is 0.250 e. The molecule has 2 aromatic carbocycles. The fourth-order valence-corrected chi connectivity index (χ4v) is 3.38. The molecular weight excluding hydrogens is 372 g/mol. The molecule has 0 radical (unpaired) electrons. The van der Waals surface area contributed by atoms with Gasteiger partial charge in [-0.3, -0.25) is 4.79 Å². The molecule has 0 unspecified atom stereocenters. The van der Waals surface area contributed by atoms with Gasteiger partial charge >= 0.3 is 0 Å². The minimum Gasteiger partial charge on any atom is -0.486 e. The molecule has 0 atom stereocenters. The molecule has 0 aliphatic carbocycles. The Hall–Kier alpha value is -2.18. The van der Waals surface area contributed by atoms with Crippen molar-refractivity contribution in [1.29, 1.82) is 0 Å². The second kappa shape index (κ2) is 8.96. The molecule has 7 heteroatoms. The van der Waals surface area contributed by atoms with Gasteiger partial charge in [0.2, 0.25) is 5.91 Å². The lowest BCUT2D eigenvalue weighted by Crippen LogP contribution is -2.21. The average molecular weight is 391 g/mol. The highest BCUT2D eigenvalue weighted by atomic mass is 35.5. The first-order valence-corrected chi connectivity index (χ1v) is 9.70. The summed E-state index contributed by atoms with van der Waals surface area (Å²) < 4.78 is 11.1. The summed E-state index contributed by atoms with van der Waals surface area (Å²) >= 11 is 7.46. The molecule has 1 heterocycles. The van der Waals surface area contributed by atoms with Crippen molar-refractivity contribution in [2.24, 2.45) is 5.10 Å². The summed E-state index contributed by atoms with van der Waals surface area (Å²) in [4.78, 5) is 12.0. The third-order valence-electron chi connectivity index (χ3n) is 3.70. The van der Waals surface area contributed by atoms with Gasteiger partial charge in [0.15, 0.2) is 11.5 Å². The SMILES string of the molecule is C/C(=N/NC(=O)CSCc1cccc(Cl)c1)c1ccc2c(c1)OCCO2. The number of hydrazone groups is 1. The standard InChI is InChI=1S/C19H19ClN2O3S/c1-13(15-5-6-17-18(10-15)25-8-7-24-17)21-22-19(23)12-26-11-14-3-2-4-16(20)9-14/h2-6,9-10H,7-8,11-12H2,1H3,(H,22,23)/b21-13-. The summed E-state index contributed by atoms with van der Waals surface area (Å²) in [5, 5.41) is 4.87. The molecule has 1 aliphatic rings. The summed E-state index contributed by atoms with van der Waals surface area (Å²) in [6, 6.07) is 13.2. The van der Waals surface area contributed by atoms with Gasteiger partial charge in [0.25, 0.3) is 0 Å². The summed E-state index contributed by atoms with van der Waals surface area (Å²) in [6.45, 7) is 2.93. The van der Waals surface area contributed by atoms with E-state index in [1.54, 1.807) is 0 Å². The first-order chi connectivity index (χ1) is 12.6. The van der Waals surface area contributed by atoms with Crippen molar-refractivity contribution in [3.8, 4) is 11.5 Å². The Morgan fingerprint density at radius 1 is 1.19 bits per heavy atom. The number of hydrogen-bond acceptors (Lipinski definition) is 5. The minimum atomic E-state index is -0.145. The van der Waals surface area contributed by atoms with Gasteiger partial charge in [-0.05, 0) is 42.8 Å². The third-order valence-corrected chi connectivity index (χ3v) is 4.94. The quantitative estimate of drug-likeness (QED) is 0.600. The van der Waals surface area contributed by atoms with Gasteiger partial charge in [0, 0.05) is 16.3 Å². The zero-order chi connectivity index (χ0) is 18.4. The van der Waals surface area contributed by atoms with E-state index >= 15 is 0 Å². The predicted octanol–water partition coefficient (Wildman–Crippen LogP) is 3.88. The Morgan fingerprint density at radius 3 is 2.81 bits per heavy atom. The molecule has 5 nitrogen and oxygen atoms in total. The Labute approximate surface area is 161 Å². The fourth-order valence-electron chi connectivity index (χ4n) is 2.40. The number of amides is 1. The number of fused-ring (bicyclic) bond motifs is 1. The number of nitrogens with one attached hydrogen (secondary N) is 1. The van der Waals surface area contributed by atoms with Crippen LogP contribution in [0, 0.1) is 0 Å². The van der Waals surface area contributed by atoms with Gasteiger partial charge in [0.05, 0.1) is 11.5 Å². The topological polar surface area (TPSA) is 59.9 Å². The highest BCUT2D eigenvalue weighted by Crippen LogP contribution is 2.30. The van der Waals surface area contributed by atoms with Gasteiger partial charge < -0.3 is 9.47 Å². The molecule has 0 spiro atoms. The molecule has 3 rings (SSSR count). The number of rotatable bonds is 6. The minimum absolute atomic E-state index is 0.145. The molecule has 136 valence electrons. The zero-order valence-corrected chi connectivity index (χ0v) is 15.9. The Kier molecular flexibility index (Phi) is 6.41. The molecule has 1 N–H and O–H groups in total. The van der Waals surface area contributed by atoms with Crippen LogP contribution in [-0.4, -0.2) is 30.6 Å². The lowest BCUT2D eigenvalue weighted by molar-refractivity contribution is -0.118. The number of nitrogens with zero attached hydrogens (tertiary/aromatic N) is 1. The van der Waals surface area contributed by atoms with Crippen molar-refractivity contribution in [2.45, 2.75) is 12.7 Å². The molecule has 0 bridgehead atoms. The van der Waals surface area contributed by atoms with Crippen LogP contribution in [0.5, 0.6) is 11.5 Å². The van der Waals surface area contributed by atoms with Crippen molar-refractivity contribution in [3.63, 3.8) is 0 Å². The summed E-state index contributed by atoms with van der Waals surface area (Å²) in [7, 11) is 0. The number of hydrogen-bond donors (Lipinski definition) is 1. The lowest BCUT2D eigenvalue weighted by atomic mass is 10.1. The van der Waals surface area contributed by atoms with E-state index in [9.17, 15) is 4.79 Å². The van der Waals surface area contributed by atoms with E-state index in [1.807, 2.05) is 49.4 Å². The fraction of sp³-hybridized carbons (Fsp3) is 0.263. The first kappa shape index (κ1) is 18.6. The van der Waals surface area contributed by atoms with E-state index in [1.165, 1.54) is 11.8 Å². The van der Waals surface area contributed by atoms with E-state index in [0.29, 0.717) is 35.5 Å². The molecule has 2 aromatic rings.